The van der Waals surface area contributed by atoms with Crippen molar-refractivity contribution >= 4 is 11.4 Å². The minimum Gasteiger partial charge on any atom is -0.378 e. The molecule has 0 saturated heterocycles. The van der Waals surface area contributed by atoms with E-state index in [0.29, 0.717) is 0 Å². The SMILES string of the molecule is C/C(=N\N)c1ccc(N(C)C)cc1. The van der Waals surface area contributed by atoms with Gasteiger partial charge in [-0.2, -0.15) is 5.10 Å². The van der Waals surface area contributed by atoms with Crippen LogP contribution in [0.3, 0.4) is 0 Å². The lowest BCUT2D eigenvalue weighted by Crippen LogP contribution is -2.08. The van der Waals surface area contributed by atoms with E-state index in [1.165, 1.54) is 5.69 Å². The number of nitrogens with two attached hydrogens (primary N) is 1. The van der Waals surface area contributed by atoms with Gasteiger partial charge >= 0.3 is 0 Å². The lowest BCUT2D eigenvalue weighted by atomic mass is 10.1. The molecular formula is C10H15N3. The van der Waals surface area contributed by atoms with Crippen LogP contribution in [-0.4, -0.2) is 19.8 Å². The van der Waals surface area contributed by atoms with Crippen LogP contribution in [0.15, 0.2) is 29.4 Å². The summed E-state index contributed by atoms with van der Waals surface area (Å²) < 4.78 is 0. The van der Waals surface area contributed by atoms with Crippen molar-refractivity contribution in [2.45, 2.75) is 6.92 Å². The highest BCUT2D eigenvalue weighted by Crippen LogP contribution is 2.12. The normalized spacial score (nSPS) is 11.5. The fourth-order valence-electron chi connectivity index (χ4n) is 1.08. The van der Waals surface area contributed by atoms with Crippen molar-refractivity contribution in [2.75, 3.05) is 19.0 Å². The summed E-state index contributed by atoms with van der Waals surface area (Å²) in [5.74, 6) is 5.18. The van der Waals surface area contributed by atoms with E-state index in [1.54, 1.807) is 0 Å². The summed E-state index contributed by atoms with van der Waals surface area (Å²) in [6, 6.07) is 8.12. The Bertz CT molecular complexity index is 298. The number of hydrazone groups is 1. The maximum atomic E-state index is 5.18. The summed E-state index contributed by atoms with van der Waals surface area (Å²) in [6.07, 6.45) is 0. The fraction of sp³-hybridized carbons (Fsp3) is 0.300. The first kappa shape index (κ1) is 9.58. The zero-order valence-corrected chi connectivity index (χ0v) is 8.28. The smallest absolute Gasteiger partial charge is 0.0641 e. The van der Waals surface area contributed by atoms with Gasteiger partial charge in [-0.05, 0) is 24.6 Å². The van der Waals surface area contributed by atoms with Gasteiger partial charge in [0.1, 0.15) is 0 Å². The highest BCUT2D eigenvalue weighted by Gasteiger charge is 1.97. The summed E-state index contributed by atoms with van der Waals surface area (Å²) in [4.78, 5) is 2.05. The standard InChI is InChI=1S/C10H15N3/c1-8(12-11)9-4-6-10(7-5-9)13(2)3/h4-7H,11H2,1-3H3/b12-8+. The molecule has 1 aromatic carbocycles. The molecule has 0 aliphatic rings. The quantitative estimate of drug-likeness (QED) is 0.422. The Morgan fingerprint density at radius 3 is 2.15 bits per heavy atom. The van der Waals surface area contributed by atoms with E-state index in [-0.39, 0.29) is 0 Å². The van der Waals surface area contributed by atoms with Gasteiger partial charge in [-0.3, -0.25) is 0 Å². The van der Waals surface area contributed by atoms with E-state index in [0.717, 1.165) is 11.3 Å². The Labute approximate surface area is 78.9 Å². The molecule has 0 aliphatic heterocycles. The molecule has 3 heteroatoms. The summed E-state index contributed by atoms with van der Waals surface area (Å²) in [5, 5.41) is 3.64. The van der Waals surface area contributed by atoms with Gasteiger partial charge in [-0.25, -0.2) is 0 Å². The van der Waals surface area contributed by atoms with E-state index in [1.807, 2.05) is 45.3 Å². The van der Waals surface area contributed by atoms with Gasteiger partial charge < -0.3 is 10.7 Å². The van der Waals surface area contributed by atoms with Gasteiger partial charge in [0.05, 0.1) is 5.71 Å². The van der Waals surface area contributed by atoms with Crippen molar-refractivity contribution in [3.8, 4) is 0 Å². The molecule has 0 aliphatic carbocycles. The highest BCUT2D eigenvalue weighted by molar-refractivity contribution is 5.98. The molecule has 3 nitrogen and oxygen atoms in total. The number of nitrogens with zero attached hydrogens (tertiary/aromatic N) is 2. The third-order valence-corrected chi connectivity index (χ3v) is 2.00. The van der Waals surface area contributed by atoms with Crippen LogP contribution in [0, 0.1) is 0 Å². The topological polar surface area (TPSA) is 41.6 Å². The summed E-state index contributed by atoms with van der Waals surface area (Å²) in [7, 11) is 4.03. The van der Waals surface area contributed by atoms with Gasteiger partial charge in [0.15, 0.2) is 0 Å². The van der Waals surface area contributed by atoms with Crippen LogP contribution in [0.2, 0.25) is 0 Å². The minimum atomic E-state index is 0.852. The van der Waals surface area contributed by atoms with Crippen LogP contribution >= 0.6 is 0 Å². The zero-order valence-electron chi connectivity index (χ0n) is 8.28. The third kappa shape index (κ3) is 2.21. The molecule has 2 N–H and O–H groups in total. The third-order valence-electron chi connectivity index (χ3n) is 2.00. The molecule has 0 amide bonds. The van der Waals surface area contributed by atoms with Gasteiger partial charge in [-0.1, -0.05) is 12.1 Å². The number of rotatable bonds is 2. The Balaban J connectivity index is 2.94. The molecule has 0 radical (unpaired) electrons. The Morgan fingerprint density at radius 1 is 1.23 bits per heavy atom. The lowest BCUT2D eigenvalue weighted by molar-refractivity contribution is 1.13. The second-order valence-electron chi connectivity index (χ2n) is 3.16. The Kier molecular flexibility index (Phi) is 2.90. The molecule has 0 bridgehead atoms. The average molecular weight is 177 g/mol. The molecule has 0 atom stereocenters. The second-order valence-corrected chi connectivity index (χ2v) is 3.16. The first-order valence-corrected chi connectivity index (χ1v) is 4.17. The van der Waals surface area contributed by atoms with Gasteiger partial charge in [0.2, 0.25) is 0 Å². The average Bonchev–Trinajstić information content (AvgIpc) is 2.17. The van der Waals surface area contributed by atoms with Crippen molar-refractivity contribution < 1.29 is 0 Å². The van der Waals surface area contributed by atoms with Crippen LogP contribution in [0.5, 0.6) is 0 Å². The molecule has 0 unspecified atom stereocenters. The monoisotopic (exact) mass is 177 g/mol. The first-order valence-electron chi connectivity index (χ1n) is 4.17. The van der Waals surface area contributed by atoms with Crippen molar-refractivity contribution in [3.63, 3.8) is 0 Å². The van der Waals surface area contributed by atoms with E-state index in [2.05, 4.69) is 10.0 Å². The van der Waals surface area contributed by atoms with Crippen molar-refractivity contribution in [1.82, 2.24) is 0 Å². The number of anilines is 1. The molecule has 1 rings (SSSR count). The molecule has 0 fully saturated rings. The summed E-state index contributed by atoms with van der Waals surface area (Å²) in [5.41, 5.74) is 3.09. The highest BCUT2D eigenvalue weighted by atomic mass is 15.1. The van der Waals surface area contributed by atoms with Gasteiger partial charge in [-0.15, -0.1) is 0 Å². The second kappa shape index (κ2) is 3.94. The van der Waals surface area contributed by atoms with Crippen LogP contribution in [0.1, 0.15) is 12.5 Å². The lowest BCUT2D eigenvalue weighted by Gasteiger charge is -2.12. The number of hydrogen-bond donors (Lipinski definition) is 1. The maximum Gasteiger partial charge on any atom is 0.0641 e. The predicted molar refractivity (Wildman–Crippen MR) is 57.2 cm³/mol. The summed E-state index contributed by atoms with van der Waals surface area (Å²) in [6.45, 7) is 1.89. The molecular weight excluding hydrogens is 162 g/mol. The van der Waals surface area contributed by atoms with E-state index >= 15 is 0 Å². The molecule has 0 spiro atoms. The van der Waals surface area contributed by atoms with Crippen molar-refractivity contribution in [1.29, 1.82) is 0 Å². The fourth-order valence-corrected chi connectivity index (χ4v) is 1.08. The number of benzene rings is 1. The Morgan fingerprint density at radius 2 is 1.77 bits per heavy atom. The molecule has 0 heterocycles. The van der Waals surface area contributed by atoms with E-state index in [4.69, 9.17) is 5.84 Å². The molecule has 0 saturated carbocycles. The zero-order chi connectivity index (χ0) is 9.84. The molecule has 13 heavy (non-hydrogen) atoms. The molecule has 0 aromatic heterocycles. The van der Waals surface area contributed by atoms with Gasteiger partial charge in [0.25, 0.3) is 0 Å². The van der Waals surface area contributed by atoms with E-state index < -0.39 is 0 Å². The number of hydrogen-bond acceptors (Lipinski definition) is 3. The van der Waals surface area contributed by atoms with E-state index in [9.17, 15) is 0 Å². The molecule has 70 valence electrons. The molecule has 1 aromatic rings. The van der Waals surface area contributed by atoms with Crippen molar-refractivity contribution in [2.24, 2.45) is 10.9 Å². The van der Waals surface area contributed by atoms with Gasteiger partial charge in [0, 0.05) is 19.8 Å². The first-order chi connectivity index (χ1) is 6.15. The largest absolute Gasteiger partial charge is 0.378 e. The van der Waals surface area contributed by atoms with Crippen LogP contribution in [-0.2, 0) is 0 Å². The van der Waals surface area contributed by atoms with Crippen LogP contribution in [0.4, 0.5) is 5.69 Å². The predicted octanol–water partition coefficient (Wildman–Crippen LogP) is 1.44. The minimum absolute atomic E-state index is 0.852. The van der Waals surface area contributed by atoms with Crippen molar-refractivity contribution in [3.05, 3.63) is 29.8 Å². The summed E-state index contributed by atoms with van der Waals surface area (Å²) >= 11 is 0. The Hall–Kier alpha value is -1.51. The maximum absolute atomic E-state index is 5.18. The van der Waals surface area contributed by atoms with Crippen LogP contribution < -0.4 is 10.7 Å². The van der Waals surface area contributed by atoms with Crippen LogP contribution in [0.25, 0.3) is 0 Å².